The van der Waals surface area contributed by atoms with Gasteiger partial charge < -0.3 is 10.6 Å². The first-order valence-corrected chi connectivity index (χ1v) is 11.8. The predicted octanol–water partition coefficient (Wildman–Crippen LogP) is 3.26. The van der Waals surface area contributed by atoms with Crippen LogP contribution >= 0.6 is 0 Å². The molecule has 0 aliphatic carbocycles. The van der Waals surface area contributed by atoms with Crippen molar-refractivity contribution in [1.29, 1.82) is 0 Å². The third-order valence-corrected chi connectivity index (χ3v) is 6.75. The Bertz CT molecular complexity index is 842. The van der Waals surface area contributed by atoms with Crippen molar-refractivity contribution in [1.82, 2.24) is 20.4 Å². The average Bonchev–Trinajstić information content (AvgIpc) is 2.83. The molecule has 2 aromatic rings. The van der Waals surface area contributed by atoms with Crippen LogP contribution in [0.1, 0.15) is 36.5 Å². The first-order valence-electron chi connectivity index (χ1n) is 11.8. The summed E-state index contributed by atoms with van der Waals surface area (Å²) in [7, 11) is 1.88. The number of fused-ring (bicyclic) bond motifs is 1. The summed E-state index contributed by atoms with van der Waals surface area (Å²) in [5, 5.41) is 7.23. The minimum absolute atomic E-state index is 0.472. The van der Waals surface area contributed by atoms with Crippen LogP contribution < -0.4 is 10.6 Å². The number of nitrogens with one attached hydrogen (secondary N) is 2. The second-order valence-corrected chi connectivity index (χ2v) is 8.97. The van der Waals surface area contributed by atoms with Crippen LogP contribution in [0.5, 0.6) is 0 Å². The zero-order valence-corrected chi connectivity index (χ0v) is 19.1. The zero-order chi connectivity index (χ0) is 21.5. The van der Waals surface area contributed by atoms with E-state index in [1.807, 2.05) is 7.05 Å². The molecule has 4 rings (SSSR count). The molecule has 0 amide bonds. The third kappa shape index (κ3) is 6.08. The van der Waals surface area contributed by atoms with Gasteiger partial charge in [-0.2, -0.15) is 0 Å². The highest BCUT2D eigenvalue weighted by molar-refractivity contribution is 5.80. The molecule has 1 saturated heterocycles. The molecule has 2 heterocycles. The number of hydrogen-bond donors (Lipinski definition) is 2. The fourth-order valence-electron chi connectivity index (χ4n) is 4.73. The monoisotopic (exact) mass is 419 g/mol. The Labute approximate surface area is 187 Å². The molecule has 1 fully saturated rings. The maximum Gasteiger partial charge on any atom is 0.191 e. The first-order chi connectivity index (χ1) is 15.2. The molecular weight excluding hydrogens is 382 g/mol. The summed E-state index contributed by atoms with van der Waals surface area (Å²) in [4.78, 5) is 9.61. The first kappa shape index (κ1) is 21.8. The smallest absolute Gasteiger partial charge is 0.191 e. The van der Waals surface area contributed by atoms with Crippen molar-refractivity contribution >= 4 is 5.96 Å². The number of nitrogens with zero attached hydrogens (tertiary/aromatic N) is 3. The maximum atomic E-state index is 4.48. The van der Waals surface area contributed by atoms with Gasteiger partial charge in [-0.05, 0) is 42.9 Å². The number of benzene rings is 2. The lowest BCUT2D eigenvalue weighted by Crippen LogP contribution is -2.51. The maximum absolute atomic E-state index is 4.48. The van der Waals surface area contributed by atoms with E-state index in [1.165, 1.54) is 16.7 Å². The van der Waals surface area contributed by atoms with Crippen LogP contribution in [0.25, 0.3) is 0 Å². The van der Waals surface area contributed by atoms with Gasteiger partial charge in [0.15, 0.2) is 5.96 Å². The molecular formula is C26H37N5. The van der Waals surface area contributed by atoms with E-state index in [-0.39, 0.29) is 0 Å². The van der Waals surface area contributed by atoms with Crippen molar-refractivity contribution in [3.8, 4) is 0 Å². The number of rotatable bonds is 6. The molecule has 2 N–H and O–H groups in total. The van der Waals surface area contributed by atoms with Crippen molar-refractivity contribution in [2.75, 3.05) is 33.2 Å². The molecule has 0 saturated carbocycles. The second kappa shape index (κ2) is 10.8. The quantitative estimate of drug-likeness (QED) is 0.557. The van der Waals surface area contributed by atoms with Crippen molar-refractivity contribution in [3.63, 3.8) is 0 Å². The molecule has 31 heavy (non-hydrogen) atoms. The van der Waals surface area contributed by atoms with Gasteiger partial charge in [-0.1, -0.05) is 54.6 Å². The van der Waals surface area contributed by atoms with E-state index in [1.54, 1.807) is 0 Å². The van der Waals surface area contributed by atoms with Crippen LogP contribution in [0.4, 0.5) is 0 Å². The van der Waals surface area contributed by atoms with Crippen molar-refractivity contribution in [2.45, 2.75) is 51.4 Å². The molecule has 1 atom stereocenters. The lowest BCUT2D eigenvalue weighted by molar-refractivity contribution is 0.189. The van der Waals surface area contributed by atoms with E-state index in [4.69, 9.17) is 0 Å². The molecule has 0 spiro atoms. The summed E-state index contributed by atoms with van der Waals surface area (Å²) in [6, 6.07) is 20.6. The van der Waals surface area contributed by atoms with Gasteiger partial charge in [-0.15, -0.1) is 0 Å². The van der Waals surface area contributed by atoms with E-state index in [0.29, 0.717) is 12.1 Å². The van der Waals surface area contributed by atoms with Gasteiger partial charge in [0.25, 0.3) is 0 Å². The van der Waals surface area contributed by atoms with Gasteiger partial charge in [0, 0.05) is 58.4 Å². The van der Waals surface area contributed by atoms with Crippen molar-refractivity contribution in [3.05, 3.63) is 71.3 Å². The van der Waals surface area contributed by atoms with Crippen LogP contribution in [0.2, 0.25) is 0 Å². The van der Waals surface area contributed by atoms with Crippen LogP contribution in [-0.2, 0) is 19.5 Å². The van der Waals surface area contributed by atoms with Gasteiger partial charge in [-0.25, -0.2) is 0 Å². The minimum Gasteiger partial charge on any atom is -0.355 e. The van der Waals surface area contributed by atoms with E-state index < -0.39 is 0 Å². The van der Waals surface area contributed by atoms with Crippen LogP contribution in [0.15, 0.2) is 59.6 Å². The van der Waals surface area contributed by atoms with Crippen LogP contribution in [0, 0.1) is 0 Å². The number of guanidine groups is 1. The molecule has 166 valence electrons. The Morgan fingerprint density at radius 1 is 1.00 bits per heavy atom. The third-order valence-electron chi connectivity index (χ3n) is 6.75. The number of likely N-dealkylation sites (tertiary alicyclic amines) is 1. The Kier molecular flexibility index (Phi) is 7.60. The molecule has 2 aliphatic rings. The number of piperidine rings is 1. The Balaban J connectivity index is 1.19. The van der Waals surface area contributed by atoms with Gasteiger partial charge in [0.1, 0.15) is 0 Å². The Hall–Kier alpha value is -2.37. The summed E-state index contributed by atoms with van der Waals surface area (Å²) in [6.45, 7) is 8.72. The molecule has 0 radical (unpaired) electrons. The topological polar surface area (TPSA) is 42.9 Å². The summed E-state index contributed by atoms with van der Waals surface area (Å²) in [5.74, 6) is 0.936. The normalized spacial score (nSPS) is 19.6. The lowest BCUT2D eigenvalue weighted by atomic mass is 9.99. The van der Waals surface area contributed by atoms with Crippen molar-refractivity contribution < 1.29 is 0 Å². The lowest BCUT2D eigenvalue weighted by Gasteiger charge is -2.35. The predicted molar refractivity (Wildman–Crippen MR) is 129 cm³/mol. The van der Waals surface area contributed by atoms with Gasteiger partial charge >= 0.3 is 0 Å². The fourth-order valence-corrected chi connectivity index (χ4v) is 4.73. The minimum atomic E-state index is 0.472. The van der Waals surface area contributed by atoms with E-state index >= 15 is 0 Å². The molecule has 1 unspecified atom stereocenters. The molecule has 0 bridgehead atoms. The van der Waals surface area contributed by atoms with Crippen LogP contribution in [-0.4, -0.2) is 61.1 Å². The van der Waals surface area contributed by atoms with Gasteiger partial charge in [-0.3, -0.25) is 14.8 Å². The molecule has 5 nitrogen and oxygen atoms in total. The van der Waals surface area contributed by atoms with E-state index in [0.717, 1.165) is 64.5 Å². The summed E-state index contributed by atoms with van der Waals surface area (Å²) < 4.78 is 0. The molecule has 2 aliphatic heterocycles. The number of hydrogen-bond acceptors (Lipinski definition) is 3. The standard InChI is InChI=1S/C26H37N5/c1-21(31-17-12-23-10-6-7-11-24(23)20-31)18-28-26(27-2)29-25-13-15-30(16-14-25)19-22-8-4-3-5-9-22/h3-11,21,25H,12-20H2,1-2H3,(H2,27,28,29). The van der Waals surface area contributed by atoms with E-state index in [9.17, 15) is 0 Å². The highest BCUT2D eigenvalue weighted by Crippen LogP contribution is 2.20. The van der Waals surface area contributed by atoms with Gasteiger partial charge in [0.2, 0.25) is 0 Å². The van der Waals surface area contributed by atoms with Crippen molar-refractivity contribution in [2.24, 2.45) is 4.99 Å². The molecule has 0 aromatic heterocycles. The highest BCUT2D eigenvalue weighted by Gasteiger charge is 2.22. The number of aliphatic imine (C=N–C) groups is 1. The highest BCUT2D eigenvalue weighted by atomic mass is 15.2. The second-order valence-electron chi connectivity index (χ2n) is 8.97. The largest absolute Gasteiger partial charge is 0.355 e. The fraction of sp³-hybridized carbons (Fsp3) is 0.500. The summed E-state index contributed by atoms with van der Waals surface area (Å²) in [5.41, 5.74) is 4.39. The van der Waals surface area contributed by atoms with E-state index in [2.05, 4.69) is 86.9 Å². The Morgan fingerprint density at radius 3 is 2.45 bits per heavy atom. The Morgan fingerprint density at radius 2 is 1.71 bits per heavy atom. The zero-order valence-electron chi connectivity index (χ0n) is 19.1. The molecule has 5 heteroatoms. The van der Waals surface area contributed by atoms with Crippen LogP contribution in [0.3, 0.4) is 0 Å². The molecule has 2 aromatic carbocycles. The summed E-state index contributed by atoms with van der Waals surface area (Å²) in [6.07, 6.45) is 3.47. The van der Waals surface area contributed by atoms with Gasteiger partial charge in [0.05, 0.1) is 0 Å². The summed E-state index contributed by atoms with van der Waals surface area (Å²) >= 11 is 0. The SMILES string of the molecule is CN=C(NCC(C)N1CCc2ccccc2C1)NC1CCN(Cc2ccccc2)CC1. The average molecular weight is 420 g/mol.